The van der Waals surface area contributed by atoms with Crippen molar-refractivity contribution in [3.8, 4) is 5.75 Å². The largest absolute Gasteiger partial charge is 0.488 e. The number of nitrogens with zero attached hydrogens (tertiary/aromatic N) is 2. The summed E-state index contributed by atoms with van der Waals surface area (Å²) in [7, 11) is 0. The number of aromatic nitrogens is 1. The highest BCUT2D eigenvalue weighted by Crippen LogP contribution is 2.19. The Kier molecular flexibility index (Phi) is 5.52. The van der Waals surface area contributed by atoms with Crippen LogP contribution < -0.4 is 10.5 Å². The minimum Gasteiger partial charge on any atom is -0.488 e. The number of allylic oxidation sites excluding steroid dienone is 1. The van der Waals surface area contributed by atoms with Crippen molar-refractivity contribution < 1.29 is 14.3 Å². The molecule has 2 N–H and O–H groups in total. The zero-order valence-electron chi connectivity index (χ0n) is 12.5. The molecule has 22 heavy (non-hydrogen) atoms. The van der Waals surface area contributed by atoms with Gasteiger partial charge in [0.05, 0.1) is 6.54 Å². The normalized spacial score (nSPS) is 17.8. The van der Waals surface area contributed by atoms with Gasteiger partial charge in [0.15, 0.2) is 0 Å². The molecular formula is C16H21N3O3. The van der Waals surface area contributed by atoms with Gasteiger partial charge in [-0.25, -0.2) is 0 Å². The van der Waals surface area contributed by atoms with E-state index in [1.165, 1.54) is 12.3 Å². The average Bonchev–Trinajstić information content (AvgIpc) is 2.53. The van der Waals surface area contributed by atoms with Crippen LogP contribution in [0.2, 0.25) is 0 Å². The summed E-state index contributed by atoms with van der Waals surface area (Å²) >= 11 is 0. The van der Waals surface area contributed by atoms with E-state index in [2.05, 4.69) is 11.6 Å². The summed E-state index contributed by atoms with van der Waals surface area (Å²) in [5, 5.41) is 0. The molecule has 0 saturated carbocycles. The van der Waals surface area contributed by atoms with Gasteiger partial charge < -0.3 is 15.4 Å². The number of primary amides is 1. The van der Waals surface area contributed by atoms with E-state index in [-0.39, 0.29) is 17.7 Å². The highest BCUT2D eigenvalue weighted by atomic mass is 16.5. The number of nitrogens with two attached hydrogens (primary N) is 1. The van der Waals surface area contributed by atoms with Crippen molar-refractivity contribution in [2.24, 2.45) is 5.73 Å². The van der Waals surface area contributed by atoms with Gasteiger partial charge in [-0.2, -0.15) is 0 Å². The van der Waals surface area contributed by atoms with Crippen LogP contribution in [-0.4, -0.2) is 40.9 Å². The number of amides is 2. The number of hydrogen-bond acceptors (Lipinski definition) is 4. The van der Waals surface area contributed by atoms with Crippen molar-refractivity contribution in [2.75, 3.05) is 13.1 Å². The molecule has 6 nitrogen and oxygen atoms in total. The fourth-order valence-electron chi connectivity index (χ4n) is 2.46. The van der Waals surface area contributed by atoms with Crippen LogP contribution in [-0.2, 0) is 4.79 Å². The van der Waals surface area contributed by atoms with Crippen molar-refractivity contribution >= 4 is 11.8 Å². The molecule has 1 aromatic rings. The second-order valence-electron chi connectivity index (χ2n) is 5.29. The van der Waals surface area contributed by atoms with Crippen LogP contribution in [0.5, 0.6) is 5.75 Å². The Bertz CT molecular complexity index is 559. The molecule has 0 aliphatic carbocycles. The number of pyridine rings is 1. The summed E-state index contributed by atoms with van der Waals surface area (Å²) in [6, 6.07) is 3.21. The molecule has 0 aromatic carbocycles. The van der Waals surface area contributed by atoms with Gasteiger partial charge in [-0.1, -0.05) is 6.08 Å². The molecule has 2 heterocycles. The maximum atomic E-state index is 12.0. The zero-order chi connectivity index (χ0) is 15.9. The number of ether oxygens (including phenoxy) is 1. The van der Waals surface area contributed by atoms with Gasteiger partial charge in [0.2, 0.25) is 5.91 Å². The molecule has 1 saturated heterocycles. The molecule has 1 unspecified atom stereocenters. The quantitative estimate of drug-likeness (QED) is 0.807. The molecule has 2 rings (SSSR count). The van der Waals surface area contributed by atoms with Crippen molar-refractivity contribution in [3.05, 3.63) is 36.7 Å². The number of likely N-dealkylation sites (tertiary alicyclic amines) is 1. The summed E-state index contributed by atoms with van der Waals surface area (Å²) < 4.78 is 5.87. The van der Waals surface area contributed by atoms with Crippen molar-refractivity contribution in [3.63, 3.8) is 0 Å². The summed E-state index contributed by atoms with van der Waals surface area (Å²) in [4.78, 5) is 28.9. The fourth-order valence-corrected chi connectivity index (χ4v) is 2.46. The molecule has 0 radical (unpaired) electrons. The summed E-state index contributed by atoms with van der Waals surface area (Å²) in [5.41, 5.74) is 5.38. The number of carbonyl (C=O) groups is 2. The van der Waals surface area contributed by atoms with Gasteiger partial charge in [-0.3, -0.25) is 14.6 Å². The maximum absolute atomic E-state index is 12.0. The van der Waals surface area contributed by atoms with Gasteiger partial charge in [0.25, 0.3) is 5.91 Å². The average molecular weight is 303 g/mol. The van der Waals surface area contributed by atoms with Crippen LogP contribution in [0.3, 0.4) is 0 Å². The van der Waals surface area contributed by atoms with Gasteiger partial charge in [-0.05, 0) is 25.3 Å². The first kappa shape index (κ1) is 16.0. The summed E-state index contributed by atoms with van der Waals surface area (Å²) in [6.07, 6.45) is 6.11. The number of carbonyl (C=O) groups excluding carboxylic acids is 2. The monoisotopic (exact) mass is 303 g/mol. The van der Waals surface area contributed by atoms with E-state index in [0.717, 1.165) is 19.4 Å². The Morgan fingerprint density at radius 2 is 2.36 bits per heavy atom. The van der Waals surface area contributed by atoms with Crippen LogP contribution in [0.4, 0.5) is 0 Å². The first-order valence-electron chi connectivity index (χ1n) is 7.41. The van der Waals surface area contributed by atoms with Crippen molar-refractivity contribution in [1.82, 2.24) is 9.88 Å². The van der Waals surface area contributed by atoms with E-state index < -0.39 is 5.91 Å². The fraction of sp³-hybridized carbons (Fsp3) is 0.438. The third-order valence-corrected chi connectivity index (χ3v) is 3.58. The van der Waals surface area contributed by atoms with Crippen LogP contribution >= 0.6 is 0 Å². The van der Waals surface area contributed by atoms with Gasteiger partial charge in [-0.15, -0.1) is 6.58 Å². The molecule has 2 amide bonds. The van der Waals surface area contributed by atoms with Gasteiger partial charge in [0, 0.05) is 25.2 Å². The third kappa shape index (κ3) is 4.31. The minimum atomic E-state index is -0.588. The molecule has 0 spiro atoms. The molecule has 1 aromatic heterocycles. The molecular weight excluding hydrogens is 282 g/mol. The topological polar surface area (TPSA) is 85.5 Å². The maximum Gasteiger partial charge on any atom is 0.267 e. The lowest BCUT2D eigenvalue weighted by atomic mass is 10.1. The molecule has 1 aliphatic rings. The lowest BCUT2D eigenvalue weighted by Gasteiger charge is -2.33. The molecule has 1 aliphatic heterocycles. The number of hydrogen-bond donors (Lipinski definition) is 1. The predicted octanol–water partition coefficient (Wildman–Crippen LogP) is 1.52. The molecule has 0 bridgehead atoms. The third-order valence-electron chi connectivity index (χ3n) is 3.58. The lowest BCUT2D eigenvalue weighted by molar-refractivity contribution is -0.133. The Morgan fingerprint density at radius 3 is 3.09 bits per heavy atom. The highest BCUT2D eigenvalue weighted by Gasteiger charge is 2.24. The van der Waals surface area contributed by atoms with E-state index in [1.807, 2.05) is 4.90 Å². The van der Waals surface area contributed by atoms with E-state index >= 15 is 0 Å². The SMILES string of the molecule is C=CCCC(=O)N1CCCC(Oc2ccnc(C(N)=O)c2)C1. The minimum absolute atomic E-state index is 0.0791. The first-order chi connectivity index (χ1) is 10.6. The van der Waals surface area contributed by atoms with Gasteiger partial charge in [0.1, 0.15) is 17.5 Å². The van der Waals surface area contributed by atoms with Crippen LogP contribution in [0.25, 0.3) is 0 Å². The molecule has 118 valence electrons. The lowest BCUT2D eigenvalue weighted by Crippen LogP contribution is -2.44. The zero-order valence-corrected chi connectivity index (χ0v) is 12.5. The Morgan fingerprint density at radius 1 is 1.55 bits per heavy atom. The number of rotatable bonds is 6. The molecule has 1 atom stereocenters. The van der Waals surface area contributed by atoms with Crippen LogP contribution in [0.1, 0.15) is 36.2 Å². The highest BCUT2D eigenvalue weighted by molar-refractivity contribution is 5.91. The second-order valence-corrected chi connectivity index (χ2v) is 5.29. The standard InChI is InChI=1S/C16H21N3O3/c1-2-3-6-15(20)19-9-4-5-13(11-19)22-12-7-8-18-14(10-12)16(17)21/h2,7-8,10,13H,1,3-6,9,11H2,(H2,17,21). The Balaban J connectivity index is 1.95. The van der Waals surface area contributed by atoms with Crippen LogP contribution in [0.15, 0.2) is 31.0 Å². The predicted molar refractivity (Wildman–Crippen MR) is 82.4 cm³/mol. The number of piperidine rings is 1. The summed E-state index contributed by atoms with van der Waals surface area (Å²) in [6.45, 7) is 4.95. The van der Waals surface area contributed by atoms with E-state index in [1.54, 1.807) is 12.1 Å². The van der Waals surface area contributed by atoms with E-state index in [0.29, 0.717) is 25.1 Å². The van der Waals surface area contributed by atoms with Crippen molar-refractivity contribution in [1.29, 1.82) is 0 Å². The van der Waals surface area contributed by atoms with Crippen molar-refractivity contribution in [2.45, 2.75) is 31.8 Å². The Hall–Kier alpha value is -2.37. The Labute approximate surface area is 130 Å². The van der Waals surface area contributed by atoms with Gasteiger partial charge >= 0.3 is 0 Å². The first-order valence-corrected chi connectivity index (χ1v) is 7.41. The van der Waals surface area contributed by atoms with E-state index in [9.17, 15) is 9.59 Å². The molecule has 1 fully saturated rings. The van der Waals surface area contributed by atoms with Crippen LogP contribution in [0, 0.1) is 0 Å². The van der Waals surface area contributed by atoms with E-state index in [4.69, 9.17) is 10.5 Å². The molecule has 6 heteroatoms. The second kappa shape index (κ2) is 7.59. The summed E-state index contributed by atoms with van der Waals surface area (Å²) in [5.74, 6) is 0.0882. The smallest absolute Gasteiger partial charge is 0.267 e.